The summed E-state index contributed by atoms with van der Waals surface area (Å²) in [5, 5.41) is 5.02. The van der Waals surface area contributed by atoms with Crippen molar-refractivity contribution in [3.8, 4) is 17.2 Å². The van der Waals surface area contributed by atoms with Gasteiger partial charge < -0.3 is 19.5 Å². The fourth-order valence-electron chi connectivity index (χ4n) is 4.13. The molecule has 0 aromatic heterocycles. The monoisotopic (exact) mass is 557 g/mol. The third kappa shape index (κ3) is 6.91. The summed E-state index contributed by atoms with van der Waals surface area (Å²) < 4.78 is 16.6. The molecule has 1 aliphatic rings. The van der Waals surface area contributed by atoms with Crippen molar-refractivity contribution in [2.24, 2.45) is 0 Å². The number of urea groups is 1. The number of amides is 5. The number of carbonyl (C=O) groups excluding carboxylic acids is 4. The number of methoxy groups -OCH3 is 1. The Hall–Kier alpha value is -5.12. The number of carbonyl (C=O) groups is 4. The molecule has 0 unspecified atom stereocenters. The van der Waals surface area contributed by atoms with Crippen LogP contribution in [0.4, 0.5) is 16.2 Å². The van der Waals surface area contributed by atoms with Crippen LogP contribution < -0.4 is 29.7 Å². The van der Waals surface area contributed by atoms with Crippen LogP contribution in [-0.2, 0) is 14.4 Å². The zero-order valence-electron chi connectivity index (χ0n) is 23.3. The van der Waals surface area contributed by atoms with Crippen LogP contribution in [0.2, 0.25) is 0 Å². The predicted molar refractivity (Wildman–Crippen MR) is 154 cm³/mol. The molecule has 212 valence electrons. The number of hydrogen-bond donors (Lipinski definition) is 2. The van der Waals surface area contributed by atoms with Crippen LogP contribution in [0.3, 0.4) is 0 Å². The van der Waals surface area contributed by atoms with E-state index in [4.69, 9.17) is 14.2 Å². The van der Waals surface area contributed by atoms with Crippen molar-refractivity contribution in [1.82, 2.24) is 5.32 Å². The van der Waals surface area contributed by atoms with Gasteiger partial charge in [-0.2, -0.15) is 0 Å². The molecule has 5 amide bonds. The number of hydrogen-bond acceptors (Lipinski definition) is 7. The number of nitrogens with one attached hydrogen (secondary N) is 2. The minimum atomic E-state index is -0.871. The highest BCUT2D eigenvalue weighted by Gasteiger charge is 2.37. The number of benzene rings is 3. The van der Waals surface area contributed by atoms with Gasteiger partial charge in [-0.25, -0.2) is 9.69 Å². The van der Waals surface area contributed by atoms with Gasteiger partial charge in [-0.15, -0.1) is 0 Å². The van der Waals surface area contributed by atoms with E-state index >= 15 is 0 Å². The molecular formula is C31H31N3O7. The Labute approximate surface area is 237 Å². The number of rotatable bonds is 10. The summed E-state index contributed by atoms with van der Waals surface area (Å²) >= 11 is 0. The molecule has 0 saturated carbocycles. The molecule has 1 fully saturated rings. The quantitative estimate of drug-likeness (QED) is 0.272. The van der Waals surface area contributed by atoms with Crippen LogP contribution in [0.1, 0.15) is 30.0 Å². The number of aryl methyl sites for hydroxylation is 2. The highest BCUT2D eigenvalue weighted by Crippen LogP contribution is 2.33. The predicted octanol–water partition coefficient (Wildman–Crippen LogP) is 4.78. The maximum absolute atomic E-state index is 13.3. The lowest BCUT2D eigenvalue weighted by Crippen LogP contribution is -2.54. The van der Waals surface area contributed by atoms with E-state index in [1.807, 2.05) is 39.0 Å². The second-order valence-corrected chi connectivity index (χ2v) is 9.37. The highest BCUT2D eigenvalue weighted by atomic mass is 16.5. The van der Waals surface area contributed by atoms with Gasteiger partial charge in [0.2, 0.25) is 0 Å². The van der Waals surface area contributed by atoms with Gasteiger partial charge in [-0.3, -0.25) is 19.7 Å². The molecule has 1 saturated heterocycles. The summed E-state index contributed by atoms with van der Waals surface area (Å²) in [6, 6.07) is 16.0. The third-order valence-electron chi connectivity index (χ3n) is 6.19. The van der Waals surface area contributed by atoms with E-state index in [0.717, 1.165) is 22.4 Å². The van der Waals surface area contributed by atoms with Gasteiger partial charge in [0.15, 0.2) is 18.1 Å². The Balaban J connectivity index is 1.45. The molecular weight excluding hydrogens is 526 g/mol. The van der Waals surface area contributed by atoms with Crippen molar-refractivity contribution >= 4 is 41.2 Å². The molecule has 1 aliphatic heterocycles. The van der Waals surface area contributed by atoms with E-state index in [1.165, 1.54) is 19.3 Å². The molecule has 3 aromatic rings. The maximum Gasteiger partial charge on any atom is 0.335 e. The standard InChI is InChI=1S/C31H31N3O7/c1-5-14-40-26-13-9-22(17-27(26)39-4)34-30(37)24(29(36)33-31(34)38)16-21-7-10-23(11-8-21)41-18-28(35)32-25-12-6-19(2)15-20(25)3/h6-13,15-17H,5,14,18H2,1-4H3,(H,32,35)(H,33,36,38)/b24-16-. The summed E-state index contributed by atoms with van der Waals surface area (Å²) in [7, 11) is 1.45. The van der Waals surface area contributed by atoms with Gasteiger partial charge in [-0.05, 0) is 67.8 Å². The molecule has 1 heterocycles. The van der Waals surface area contributed by atoms with Crippen molar-refractivity contribution in [2.75, 3.05) is 30.5 Å². The first kappa shape index (κ1) is 28.9. The smallest absolute Gasteiger partial charge is 0.335 e. The van der Waals surface area contributed by atoms with Gasteiger partial charge in [-0.1, -0.05) is 36.8 Å². The minimum absolute atomic E-state index is 0.197. The molecule has 10 heteroatoms. The van der Waals surface area contributed by atoms with E-state index in [2.05, 4.69) is 10.6 Å². The summed E-state index contributed by atoms with van der Waals surface area (Å²) in [4.78, 5) is 51.7. The number of anilines is 2. The molecule has 10 nitrogen and oxygen atoms in total. The molecule has 2 N–H and O–H groups in total. The van der Waals surface area contributed by atoms with Gasteiger partial charge in [0.1, 0.15) is 11.3 Å². The van der Waals surface area contributed by atoms with Gasteiger partial charge in [0.05, 0.1) is 19.4 Å². The van der Waals surface area contributed by atoms with Crippen LogP contribution >= 0.6 is 0 Å². The first-order chi connectivity index (χ1) is 19.7. The van der Waals surface area contributed by atoms with Crippen molar-refractivity contribution in [3.05, 3.63) is 82.9 Å². The maximum atomic E-state index is 13.3. The molecule has 0 spiro atoms. The minimum Gasteiger partial charge on any atom is -0.493 e. The van der Waals surface area contributed by atoms with Gasteiger partial charge in [0.25, 0.3) is 17.7 Å². The summed E-state index contributed by atoms with van der Waals surface area (Å²) in [6.07, 6.45) is 2.17. The van der Waals surface area contributed by atoms with Crippen molar-refractivity contribution in [1.29, 1.82) is 0 Å². The molecule has 0 bridgehead atoms. The second-order valence-electron chi connectivity index (χ2n) is 9.37. The van der Waals surface area contributed by atoms with E-state index in [1.54, 1.807) is 36.4 Å². The lowest BCUT2D eigenvalue weighted by molar-refractivity contribution is -0.122. The van der Waals surface area contributed by atoms with Crippen molar-refractivity contribution in [2.45, 2.75) is 27.2 Å². The number of nitrogens with zero attached hydrogens (tertiary/aromatic N) is 1. The Morgan fingerprint density at radius 1 is 0.951 bits per heavy atom. The van der Waals surface area contributed by atoms with Gasteiger partial charge >= 0.3 is 6.03 Å². The normalized spacial score (nSPS) is 14.1. The highest BCUT2D eigenvalue weighted by molar-refractivity contribution is 6.39. The average Bonchev–Trinajstić information content (AvgIpc) is 2.95. The topological polar surface area (TPSA) is 123 Å². The van der Waals surface area contributed by atoms with Crippen LogP contribution in [-0.4, -0.2) is 44.1 Å². The Morgan fingerprint density at radius 3 is 2.39 bits per heavy atom. The van der Waals surface area contributed by atoms with Gasteiger partial charge in [0, 0.05) is 11.8 Å². The summed E-state index contributed by atoms with van der Waals surface area (Å²) in [6.45, 7) is 6.14. The molecule has 3 aromatic carbocycles. The van der Waals surface area contributed by atoms with Crippen LogP contribution in [0, 0.1) is 13.8 Å². The fraction of sp³-hybridized carbons (Fsp3) is 0.226. The average molecular weight is 558 g/mol. The van der Waals surface area contributed by atoms with Crippen LogP contribution in [0.15, 0.2) is 66.2 Å². The van der Waals surface area contributed by atoms with Crippen molar-refractivity contribution in [3.63, 3.8) is 0 Å². The summed E-state index contributed by atoms with van der Waals surface area (Å²) in [5.41, 5.74) is 3.28. The van der Waals surface area contributed by atoms with Crippen molar-refractivity contribution < 1.29 is 33.4 Å². The molecule has 41 heavy (non-hydrogen) atoms. The largest absolute Gasteiger partial charge is 0.493 e. The Morgan fingerprint density at radius 2 is 1.71 bits per heavy atom. The first-order valence-electron chi connectivity index (χ1n) is 13.0. The van der Waals surface area contributed by atoms with E-state index in [0.29, 0.717) is 35.1 Å². The Bertz CT molecular complexity index is 1510. The zero-order valence-corrected chi connectivity index (χ0v) is 23.3. The lowest BCUT2D eigenvalue weighted by atomic mass is 10.1. The number of barbiturate groups is 1. The SMILES string of the molecule is CCCOc1ccc(N2C(=O)NC(=O)/C(=C/c3ccc(OCC(=O)Nc4ccc(C)cc4C)cc3)C2=O)cc1OC. The van der Waals surface area contributed by atoms with E-state index in [9.17, 15) is 19.2 Å². The number of ether oxygens (including phenoxy) is 3. The molecule has 0 atom stereocenters. The van der Waals surface area contributed by atoms with E-state index in [-0.39, 0.29) is 23.8 Å². The summed E-state index contributed by atoms with van der Waals surface area (Å²) in [5.74, 6) is -0.659. The second kappa shape index (κ2) is 12.8. The molecule has 4 rings (SSSR count). The first-order valence-corrected chi connectivity index (χ1v) is 13.0. The molecule has 0 aliphatic carbocycles. The van der Waals surface area contributed by atoms with Crippen LogP contribution in [0.5, 0.6) is 17.2 Å². The van der Waals surface area contributed by atoms with E-state index < -0.39 is 17.8 Å². The number of imide groups is 2. The Kier molecular flexibility index (Phi) is 9.03. The third-order valence-corrected chi connectivity index (χ3v) is 6.19. The zero-order chi connectivity index (χ0) is 29.5. The lowest BCUT2D eigenvalue weighted by Gasteiger charge is -2.27. The molecule has 0 radical (unpaired) electrons. The van der Waals surface area contributed by atoms with Crippen LogP contribution in [0.25, 0.3) is 6.08 Å². The fourth-order valence-corrected chi connectivity index (χ4v) is 4.13.